The zero-order valence-corrected chi connectivity index (χ0v) is 26.6. The zero-order valence-electron chi connectivity index (χ0n) is 26.6. The Balaban J connectivity index is 1.28. The van der Waals surface area contributed by atoms with Crippen LogP contribution in [-0.4, -0.2) is 10.5 Å². The van der Waals surface area contributed by atoms with Crippen LogP contribution < -0.4 is 5.32 Å². The minimum atomic E-state index is -0.0617. The molecule has 1 aliphatic carbocycles. The Morgan fingerprint density at radius 2 is 1.06 bits per heavy atom. The molecular weight excluding hydrogens is 595 g/mol. The van der Waals surface area contributed by atoms with Crippen LogP contribution in [-0.2, 0) is 0 Å². The van der Waals surface area contributed by atoms with E-state index in [0.717, 1.165) is 28.1 Å². The van der Waals surface area contributed by atoms with Gasteiger partial charge in [0.1, 0.15) is 0 Å². The van der Waals surface area contributed by atoms with Gasteiger partial charge in [-0.2, -0.15) is 0 Å². The lowest BCUT2D eigenvalue weighted by Gasteiger charge is -2.29. The molecule has 2 heterocycles. The van der Waals surface area contributed by atoms with Crippen molar-refractivity contribution >= 4 is 55.0 Å². The van der Waals surface area contributed by atoms with Gasteiger partial charge in [-0.3, -0.25) is 4.57 Å². The average Bonchev–Trinajstić information content (AvgIpc) is 3.45. The Labute approximate surface area is 283 Å². The number of aliphatic imine (C=N–C) groups is 1. The van der Waals surface area contributed by atoms with E-state index in [2.05, 4.69) is 174 Å². The van der Waals surface area contributed by atoms with Gasteiger partial charge in [0.15, 0.2) is 0 Å². The van der Waals surface area contributed by atoms with Crippen LogP contribution in [0.5, 0.6) is 0 Å². The van der Waals surface area contributed by atoms with Crippen molar-refractivity contribution < 1.29 is 0 Å². The lowest BCUT2D eigenvalue weighted by atomic mass is 9.91. The van der Waals surface area contributed by atoms with Crippen molar-refractivity contribution in [2.75, 3.05) is 0 Å². The molecule has 9 aromatic rings. The molecule has 3 heteroatoms. The summed E-state index contributed by atoms with van der Waals surface area (Å²) >= 11 is 0. The van der Waals surface area contributed by atoms with E-state index in [1.807, 2.05) is 0 Å². The third-order valence-electron chi connectivity index (χ3n) is 10.6. The minimum absolute atomic E-state index is 0.0617. The molecule has 1 N–H and O–H groups in total. The highest BCUT2D eigenvalue weighted by atomic mass is 15.2. The Morgan fingerprint density at radius 1 is 0.449 bits per heavy atom. The molecule has 0 fully saturated rings. The first-order valence-corrected chi connectivity index (χ1v) is 16.9. The van der Waals surface area contributed by atoms with Crippen molar-refractivity contribution in [3.63, 3.8) is 0 Å². The molecule has 0 bridgehead atoms. The molecule has 8 aromatic carbocycles. The molecule has 0 radical (unpaired) electrons. The van der Waals surface area contributed by atoms with Gasteiger partial charge in [-0.25, -0.2) is 4.99 Å². The monoisotopic (exact) mass is 623 g/mol. The number of benzene rings is 8. The molecule has 0 saturated heterocycles. The largest absolute Gasteiger partial charge is 0.344 e. The number of hydrogen-bond donors (Lipinski definition) is 1. The second kappa shape index (κ2) is 10.0. The maximum atomic E-state index is 5.52. The first kappa shape index (κ1) is 26.6. The summed E-state index contributed by atoms with van der Waals surface area (Å²) in [6.07, 6.45) is 0. The van der Waals surface area contributed by atoms with Crippen molar-refractivity contribution in [3.8, 4) is 33.4 Å². The van der Waals surface area contributed by atoms with E-state index in [9.17, 15) is 0 Å². The summed E-state index contributed by atoms with van der Waals surface area (Å²) in [6, 6.07) is 59.5. The summed E-state index contributed by atoms with van der Waals surface area (Å²) < 4.78 is 2.37. The van der Waals surface area contributed by atoms with E-state index in [1.54, 1.807) is 0 Å². The molecule has 1 unspecified atom stereocenters. The van der Waals surface area contributed by atoms with Crippen LogP contribution in [0, 0.1) is 0 Å². The Hall–Kier alpha value is -6.45. The molecular formula is C46H29N3. The maximum Gasteiger partial charge on any atom is 0.209 e. The Kier molecular flexibility index (Phi) is 5.44. The standard InChI is InChI=1S/C46H29N3/c1-2-14-29(15-3-1)44-38-26-25-28-13-4-5-16-30(28)45(38)48-46(47-44)49-40-24-11-10-21-36(40)43-37-23-12-22-35-33-19-8-6-17-31(33)32-18-7-9-20-34(32)39(42(35)37)27-41(43)49/h1-27,44H,(H,47,48). The van der Waals surface area contributed by atoms with Gasteiger partial charge in [-0.15, -0.1) is 0 Å². The van der Waals surface area contributed by atoms with Gasteiger partial charge in [0.25, 0.3) is 0 Å². The van der Waals surface area contributed by atoms with Crippen LogP contribution in [0.25, 0.3) is 76.7 Å². The lowest BCUT2D eigenvalue weighted by molar-refractivity contribution is 0.733. The molecule has 49 heavy (non-hydrogen) atoms. The molecule has 1 aliphatic heterocycles. The third-order valence-corrected chi connectivity index (χ3v) is 10.6. The quantitative estimate of drug-likeness (QED) is 0.194. The smallest absolute Gasteiger partial charge is 0.209 e. The fourth-order valence-corrected chi connectivity index (χ4v) is 8.51. The van der Waals surface area contributed by atoms with Crippen molar-refractivity contribution in [3.05, 3.63) is 175 Å². The molecule has 2 aliphatic rings. The summed E-state index contributed by atoms with van der Waals surface area (Å²) in [5.74, 6) is 0.830. The van der Waals surface area contributed by atoms with E-state index in [-0.39, 0.29) is 6.04 Å². The van der Waals surface area contributed by atoms with E-state index in [4.69, 9.17) is 4.99 Å². The van der Waals surface area contributed by atoms with Crippen molar-refractivity contribution in [2.24, 2.45) is 4.99 Å². The van der Waals surface area contributed by atoms with Crippen molar-refractivity contribution in [1.29, 1.82) is 0 Å². The highest BCUT2D eigenvalue weighted by molar-refractivity contribution is 6.29. The lowest BCUT2D eigenvalue weighted by Crippen LogP contribution is -2.36. The van der Waals surface area contributed by atoms with E-state index in [0.29, 0.717) is 0 Å². The van der Waals surface area contributed by atoms with Gasteiger partial charge in [-0.05, 0) is 67.2 Å². The second-order valence-corrected chi connectivity index (χ2v) is 13.1. The minimum Gasteiger partial charge on any atom is -0.344 e. The number of aromatic nitrogens is 1. The molecule has 0 spiro atoms. The molecule has 3 nitrogen and oxygen atoms in total. The van der Waals surface area contributed by atoms with E-state index >= 15 is 0 Å². The van der Waals surface area contributed by atoms with Crippen LogP contribution in [0.15, 0.2) is 169 Å². The SMILES string of the molecule is c1ccc(C2NC(n3c4ccccc4c4c5cccc6c5c(cc43)-c3ccccc3-c3ccccc3-6)=Nc3c2ccc2ccccc32)cc1. The van der Waals surface area contributed by atoms with Crippen LogP contribution in [0.3, 0.4) is 0 Å². The highest BCUT2D eigenvalue weighted by Gasteiger charge is 2.29. The fourth-order valence-electron chi connectivity index (χ4n) is 8.51. The molecule has 1 aromatic heterocycles. The maximum absolute atomic E-state index is 5.52. The normalized spacial score (nSPS) is 14.6. The summed E-state index contributed by atoms with van der Waals surface area (Å²) in [5, 5.41) is 11.3. The molecule has 0 amide bonds. The molecule has 11 rings (SSSR count). The summed E-state index contributed by atoms with van der Waals surface area (Å²) in [6.45, 7) is 0. The van der Waals surface area contributed by atoms with Gasteiger partial charge in [-0.1, -0.05) is 152 Å². The summed E-state index contributed by atoms with van der Waals surface area (Å²) in [5.41, 5.74) is 13.3. The van der Waals surface area contributed by atoms with Gasteiger partial charge in [0, 0.05) is 21.7 Å². The Bertz CT molecular complexity index is 2860. The number of rotatable bonds is 1. The van der Waals surface area contributed by atoms with Gasteiger partial charge in [0.05, 0.1) is 22.8 Å². The topological polar surface area (TPSA) is 29.3 Å². The molecule has 0 saturated carbocycles. The molecule has 228 valence electrons. The predicted octanol–water partition coefficient (Wildman–Crippen LogP) is 11.6. The number of nitrogens with zero attached hydrogens (tertiary/aromatic N) is 2. The average molecular weight is 624 g/mol. The van der Waals surface area contributed by atoms with Gasteiger partial charge in [0.2, 0.25) is 5.96 Å². The first-order valence-electron chi connectivity index (χ1n) is 16.9. The third kappa shape index (κ3) is 3.70. The van der Waals surface area contributed by atoms with Gasteiger partial charge < -0.3 is 5.32 Å². The van der Waals surface area contributed by atoms with E-state index in [1.165, 1.54) is 71.4 Å². The number of para-hydroxylation sites is 1. The first-order chi connectivity index (χ1) is 24.3. The van der Waals surface area contributed by atoms with Gasteiger partial charge >= 0.3 is 0 Å². The van der Waals surface area contributed by atoms with E-state index < -0.39 is 0 Å². The van der Waals surface area contributed by atoms with Crippen molar-refractivity contribution in [2.45, 2.75) is 6.04 Å². The van der Waals surface area contributed by atoms with Crippen LogP contribution >= 0.6 is 0 Å². The number of nitrogens with one attached hydrogen (secondary N) is 1. The summed E-state index contributed by atoms with van der Waals surface area (Å²) in [7, 11) is 0. The zero-order chi connectivity index (χ0) is 32.1. The van der Waals surface area contributed by atoms with Crippen LogP contribution in [0.1, 0.15) is 17.2 Å². The fraction of sp³-hybridized carbons (Fsp3) is 0.0217. The second-order valence-electron chi connectivity index (χ2n) is 13.1. The Morgan fingerprint density at radius 3 is 1.86 bits per heavy atom. The van der Waals surface area contributed by atoms with Crippen LogP contribution in [0.4, 0.5) is 5.69 Å². The number of hydrogen-bond acceptors (Lipinski definition) is 2. The number of fused-ring (bicyclic) bond motifs is 12. The van der Waals surface area contributed by atoms with Crippen molar-refractivity contribution in [1.82, 2.24) is 9.88 Å². The van der Waals surface area contributed by atoms with Crippen LogP contribution in [0.2, 0.25) is 0 Å². The predicted molar refractivity (Wildman–Crippen MR) is 205 cm³/mol. The summed E-state index contributed by atoms with van der Waals surface area (Å²) in [4.78, 5) is 5.52. The highest BCUT2D eigenvalue weighted by Crippen LogP contribution is 2.50. The molecule has 1 atom stereocenters.